The highest BCUT2D eigenvalue weighted by Crippen LogP contribution is 2.18. The molecule has 2 aromatic carbocycles. The van der Waals surface area contributed by atoms with Gasteiger partial charge in [-0.2, -0.15) is 0 Å². The molecule has 3 N–H and O–H groups in total. The van der Waals surface area contributed by atoms with E-state index in [2.05, 4.69) is 25.5 Å². The van der Waals surface area contributed by atoms with Crippen molar-refractivity contribution in [3.8, 4) is 0 Å². The van der Waals surface area contributed by atoms with Crippen molar-refractivity contribution in [3.63, 3.8) is 0 Å². The van der Waals surface area contributed by atoms with Crippen molar-refractivity contribution in [1.29, 1.82) is 10.8 Å². The average molecular weight is 596 g/mol. The zero-order valence-electron chi connectivity index (χ0n) is 22.8. The lowest BCUT2D eigenvalue weighted by Gasteiger charge is -2.08. The first-order valence-corrected chi connectivity index (χ1v) is 15.2. The van der Waals surface area contributed by atoms with E-state index in [9.17, 15) is 9.59 Å². The second kappa shape index (κ2) is 14.0. The molecular weight excluding hydrogens is 567 g/mol. The number of hydrogen-bond donors (Lipinski definition) is 3. The summed E-state index contributed by atoms with van der Waals surface area (Å²) in [4.78, 5) is 33.6. The Bertz CT molecular complexity index is 1770. The molecule has 0 aliphatic rings. The number of amidine groups is 1. The number of benzene rings is 2. The van der Waals surface area contributed by atoms with Gasteiger partial charge in [0.25, 0.3) is 0 Å². The van der Waals surface area contributed by atoms with E-state index in [1.54, 1.807) is 12.4 Å². The van der Waals surface area contributed by atoms with Crippen molar-refractivity contribution in [2.45, 2.75) is 44.9 Å². The molecular formula is C31H29N7O2S2. The van der Waals surface area contributed by atoms with Gasteiger partial charge in [-0.05, 0) is 78.5 Å². The number of pyridine rings is 2. The molecule has 0 aliphatic heterocycles. The summed E-state index contributed by atoms with van der Waals surface area (Å²) >= 11 is 2.41. The van der Waals surface area contributed by atoms with E-state index in [4.69, 9.17) is 10.8 Å². The van der Waals surface area contributed by atoms with Gasteiger partial charge >= 0.3 is 0 Å². The highest BCUT2D eigenvalue weighted by molar-refractivity contribution is 8.26. The maximum absolute atomic E-state index is 12.6. The van der Waals surface area contributed by atoms with Gasteiger partial charge in [0, 0.05) is 36.0 Å². The smallest absolute Gasteiger partial charge is 0.230 e. The van der Waals surface area contributed by atoms with Crippen molar-refractivity contribution in [2.75, 3.05) is 0 Å². The Balaban J connectivity index is 0.980. The molecule has 0 bridgehead atoms. The van der Waals surface area contributed by atoms with Crippen LogP contribution in [-0.2, 0) is 35.3 Å². The summed E-state index contributed by atoms with van der Waals surface area (Å²) in [5.74, 6) is -0.195. The largest absolute Gasteiger partial charge is 0.305 e. The fraction of sp³-hybridized carbons (Fsp3) is 0.226. The molecule has 0 aliphatic carbocycles. The van der Waals surface area contributed by atoms with Crippen LogP contribution in [0, 0.1) is 10.8 Å². The molecule has 0 radical (unpaired) electrons. The number of carbonyl (C=O) groups excluding carboxylic acids is 2. The zero-order chi connectivity index (χ0) is 29.3. The molecule has 0 fully saturated rings. The van der Waals surface area contributed by atoms with Crippen LogP contribution in [0.1, 0.15) is 40.4 Å². The van der Waals surface area contributed by atoms with E-state index in [0.717, 1.165) is 69.0 Å². The molecule has 3 heterocycles. The molecule has 3 aromatic heterocycles. The van der Waals surface area contributed by atoms with Gasteiger partial charge in [-0.15, -0.1) is 21.5 Å². The maximum atomic E-state index is 12.6. The van der Waals surface area contributed by atoms with E-state index in [1.807, 2.05) is 60.7 Å². The van der Waals surface area contributed by atoms with Crippen LogP contribution in [0.3, 0.4) is 0 Å². The van der Waals surface area contributed by atoms with Crippen molar-refractivity contribution in [2.24, 2.45) is 0 Å². The number of rotatable bonds is 11. The van der Waals surface area contributed by atoms with Crippen LogP contribution in [0.4, 0.5) is 0 Å². The summed E-state index contributed by atoms with van der Waals surface area (Å²) in [5, 5.41) is 31.1. The number of hydrogen-bond acceptors (Lipinski definition) is 10. The predicted octanol–water partition coefficient (Wildman–Crippen LogP) is 5.71. The number of Topliss-reactive ketones (excluding diaryl/α,β-unsaturated/α-hetero) is 1. The van der Waals surface area contributed by atoms with E-state index in [-0.39, 0.29) is 29.7 Å². The summed E-state index contributed by atoms with van der Waals surface area (Å²) in [5.41, 5.74) is 3.58. The van der Waals surface area contributed by atoms with Gasteiger partial charge in [0.1, 0.15) is 15.8 Å². The molecule has 11 heteroatoms. The number of fused-ring (bicyclic) bond motifs is 2. The van der Waals surface area contributed by atoms with E-state index >= 15 is 0 Å². The summed E-state index contributed by atoms with van der Waals surface area (Å²) < 4.78 is 0. The van der Waals surface area contributed by atoms with E-state index in [1.165, 1.54) is 11.3 Å². The number of ketones is 1. The summed E-state index contributed by atoms with van der Waals surface area (Å²) in [6.07, 6.45) is 7.03. The normalized spacial score (nSPS) is 11.0. The average Bonchev–Trinajstić information content (AvgIpc) is 3.41. The van der Waals surface area contributed by atoms with Crippen molar-refractivity contribution in [1.82, 2.24) is 25.5 Å². The number of aromatic nitrogens is 4. The molecule has 5 aromatic rings. The first-order valence-electron chi connectivity index (χ1n) is 13.6. The molecule has 42 heavy (non-hydrogen) atoms. The number of nitrogens with zero attached hydrogens (tertiary/aromatic N) is 4. The van der Waals surface area contributed by atoms with Crippen LogP contribution >= 0.6 is 23.1 Å². The number of amides is 1. The number of unbranched alkanes of at least 4 members (excludes halogenated alkanes) is 1. The van der Waals surface area contributed by atoms with Crippen LogP contribution in [0.5, 0.6) is 0 Å². The summed E-state index contributed by atoms with van der Waals surface area (Å²) in [7, 11) is 0. The van der Waals surface area contributed by atoms with Crippen molar-refractivity contribution < 1.29 is 9.59 Å². The van der Waals surface area contributed by atoms with Gasteiger partial charge in [-0.3, -0.25) is 30.4 Å². The van der Waals surface area contributed by atoms with Crippen molar-refractivity contribution in [3.05, 3.63) is 94.2 Å². The minimum absolute atomic E-state index is 0.0498. The monoisotopic (exact) mass is 595 g/mol. The lowest BCUT2D eigenvalue weighted by Crippen LogP contribution is -2.29. The minimum atomic E-state index is -0.288. The molecule has 1 amide bonds. The van der Waals surface area contributed by atoms with E-state index < -0.39 is 0 Å². The molecule has 0 saturated carbocycles. The fourth-order valence-corrected chi connectivity index (χ4v) is 6.08. The van der Waals surface area contributed by atoms with Gasteiger partial charge in [0.2, 0.25) is 5.91 Å². The predicted molar refractivity (Wildman–Crippen MR) is 168 cm³/mol. The number of aryl methyl sites for hydroxylation is 1. The van der Waals surface area contributed by atoms with Crippen LogP contribution in [-0.4, -0.2) is 42.1 Å². The van der Waals surface area contributed by atoms with Gasteiger partial charge in [-0.1, -0.05) is 24.3 Å². The molecule has 0 atom stereocenters. The van der Waals surface area contributed by atoms with Crippen LogP contribution in [0.15, 0.2) is 73.1 Å². The first-order chi connectivity index (χ1) is 20.4. The van der Waals surface area contributed by atoms with Crippen LogP contribution in [0.2, 0.25) is 0 Å². The lowest BCUT2D eigenvalue weighted by molar-refractivity contribution is -0.119. The van der Waals surface area contributed by atoms with Gasteiger partial charge in [0.05, 0.1) is 28.9 Å². The Kier molecular flexibility index (Phi) is 9.73. The molecule has 9 nitrogen and oxygen atoms in total. The molecule has 0 spiro atoms. The molecule has 0 unspecified atom stereocenters. The Morgan fingerprint density at radius 1 is 0.786 bits per heavy atom. The Morgan fingerprint density at radius 3 is 2.12 bits per heavy atom. The Morgan fingerprint density at radius 2 is 1.43 bits per heavy atom. The second-order valence-electron chi connectivity index (χ2n) is 9.83. The summed E-state index contributed by atoms with van der Waals surface area (Å²) in [6, 6.07) is 19.2. The Hall–Kier alpha value is -4.35. The molecule has 0 saturated heterocycles. The minimum Gasteiger partial charge on any atom is -0.305 e. The number of thioether (sulfide) groups is 1. The fourth-order valence-electron chi connectivity index (χ4n) is 4.51. The van der Waals surface area contributed by atoms with Crippen molar-refractivity contribution >= 4 is 66.8 Å². The highest BCUT2D eigenvalue weighted by atomic mass is 32.2. The quantitative estimate of drug-likeness (QED) is 0.101. The zero-order valence-corrected chi connectivity index (χ0v) is 24.4. The summed E-state index contributed by atoms with van der Waals surface area (Å²) in [6.45, 7) is 0. The molecule has 5 rings (SSSR count). The van der Waals surface area contributed by atoms with Crippen LogP contribution in [0.25, 0.3) is 21.8 Å². The van der Waals surface area contributed by atoms with Gasteiger partial charge in [-0.25, -0.2) is 0 Å². The molecule has 212 valence electrons. The lowest BCUT2D eigenvalue weighted by atomic mass is 10.0. The third-order valence-corrected chi connectivity index (χ3v) is 8.22. The van der Waals surface area contributed by atoms with E-state index in [0.29, 0.717) is 22.9 Å². The third-order valence-electron chi connectivity index (χ3n) is 6.48. The highest BCUT2D eigenvalue weighted by Gasteiger charge is 2.13. The van der Waals surface area contributed by atoms with Crippen LogP contribution < -0.4 is 5.32 Å². The number of carbonyl (C=O) groups is 2. The Labute approximate surface area is 251 Å². The van der Waals surface area contributed by atoms with Gasteiger partial charge < -0.3 is 5.32 Å². The third kappa shape index (κ3) is 8.34. The number of nitrogens with one attached hydrogen (secondary N) is 3. The topological polar surface area (TPSA) is 145 Å². The van der Waals surface area contributed by atoms with Gasteiger partial charge in [0.15, 0.2) is 5.17 Å². The SMILES string of the molecule is N=C(CCCCc1nnc(CC(=O)Cc2ccc3ncccc3c2)s1)SC(=N)NC(=O)Cc1ccc2ncccc2c1. The first kappa shape index (κ1) is 29.2. The second-order valence-corrected chi connectivity index (χ2v) is 12.1. The standard InChI is InChI=1S/C31H29N7O2S2/c32-27(41-31(33)36-28(40)18-21-10-12-26-23(16-21)6-4-14-35-26)7-1-2-8-29-37-38-30(42-29)19-24(39)17-20-9-11-25-22(15-20)5-3-13-34-25/h3-6,9-16,32H,1-2,7-8,17-19H2,(H2,33,36,40). The maximum Gasteiger partial charge on any atom is 0.230 e.